The van der Waals surface area contributed by atoms with Crippen LogP contribution in [0, 0.1) is 42.1 Å². The average molecular weight is 698 g/mol. The number of aliphatic imine (C=N–C) groups is 1. The van der Waals surface area contributed by atoms with Crippen LogP contribution in [0.2, 0.25) is 0 Å². The molecule has 1 N–H and O–H groups in total. The van der Waals surface area contributed by atoms with Crippen molar-refractivity contribution in [2.75, 3.05) is 0 Å². The van der Waals surface area contributed by atoms with Gasteiger partial charge in [0.05, 0.1) is 29.2 Å². The molecule has 0 spiro atoms. The molecule has 6 heteroatoms. The average Bonchev–Trinajstić information content (AvgIpc) is 3.71. The number of aromatic amines is 1. The molecule has 1 aliphatic heterocycles. The zero-order chi connectivity index (χ0) is 35.9. The van der Waals surface area contributed by atoms with E-state index in [9.17, 15) is 13.2 Å². The molecule has 0 bridgehead atoms. The lowest BCUT2D eigenvalue weighted by molar-refractivity contribution is -0.137. The number of benzene rings is 1. The second-order valence-electron chi connectivity index (χ2n) is 17.2. The fraction of sp³-hybridized carbons (Fsp3) is 0.644. The fourth-order valence-electron chi connectivity index (χ4n) is 10.8. The maximum Gasteiger partial charge on any atom is 0.416 e. The third kappa shape index (κ3) is 7.17. The first-order valence-corrected chi connectivity index (χ1v) is 20.4. The Hall–Kier alpha value is -3.07. The molecule has 1 aromatic carbocycles. The van der Waals surface area contributed by atoms with E-state index >= 15 is 0 Å². The molecule has 0 amide bonds. The first-order valence-electron chi connectivity index (χ1n) is 20.4. The number of aromatic nitrogens is 1. The molecule has 274 valence electrons. The van der Waals surface area contributed by atoms with Crippen LogP contribution < -0.4 is 0 Å². The lowest BCUT2D eigenvalue weighted by atomic mass is 9.72. The van der Waals surface area contributed by atoms with E-state index in [2.05, 4.69) is 43.6 Å². The number of nitrogens with one attached hydrogen (secondary N) is 1. The largest absolute Gasteiger partial charge is 0.416 e. The van der Waals surface area contributed by atoms with Crippen LogP contribution in [-0.4, -0.2) is 10.7 Å². The molecule has 2 aromatic rings. The number of allylic oxidation sites excluding steroid dienone is 2. The molecule has 4 fully saturated rings. The summed E-state index contributed by atoms with van der Waals surface area (Å²) in [5.74, 6) is 3.16. The Balaban J connectivity index is 1.53. The topological polar surface area (TPSA) is 32.5 Å². The van der Waals surface area contributed by atoms with Gasteiger partial charge in [-0.05, 0) is 102 Å². The molecule has 1 aromatic heterocycles. The first kappa shape index (κ1) is 36.3. The zero-order valence-electron chi connectivity index (χ0n) is 31.3. The van der Waals surface area contributed by atoms with E-state index in [0.29, 0.717) is 35.5 Å². The van der Waals surface area contributed by atoms with Gasteiger partial charge in [0.2, 0.25) is 5.70 Å². The maximum atomic E-state index is 14.0. The Morgan fingerprint density at radius 3 is 1.69 bits per heavy atom. The number of alkyl halides is 3. The summed E-state index contributed by atoms with van der Waals surface area (Å²) in [7, 11) is 0. The SMILES string of the molecule is [C-]#[N+]C1=C(C2CCCCC2C)C(=C(c2ccc(C(F)(F)F)cc2)c2[nH]c(C3CCCCC3C)cc2C2CCCCC2C)N=C1C1CCCCC1C. The molecular weight excluding hydrogens is 640 g/mol. The summed E-state index contributed by atoms with van der Waals surface area (Å²) < 4.78 is 42.0. The van der Waals surface area contributed by atoms with Crippen LogP contribution in [0.25, 0.3) is 10.4 Å². The quantitative estimate of drug-likeness (QED) is 0.292. The summed E-state index contributed by atoms with van der Waals surface area (Å²) in [5, 5.41) is 0. The van der Waals surface area contributed by atoms with Crippen molar-refractivity contribution in [1.82, 2.24) is 4.98 Å². The molecule has 8 unspecified atom stereocenters. The molecule has 5 aliphatic rings. The number of halogens is 3. The van der Waals surface area contributed by atoms with Crippen molar-refractivity contribution in [3.05, 3.63) is 86.8 Å². The standard InChI is InChI=1S/C45H58F3N3/c1-27-14-6-10-18-33(27)37-26-38(34-19-11-7-15-28(34)2)50-41(37)39(31-22-24-32(25-23-31)45(46,47)48)43-40(35-20-12-8-16-29(35)3)44(49-5)42(51-43)36-21-13-9-17-30(36)4/h22-30,33-36,50H,6-21H2,1-4H3. The van der Waals surface area contributed by atoms with Gasteiger partial charge >= 0.3 is 6.18 Å². The van der Waals surface area contributed by atoms with Gasteiger partial charge in [-0.1, -0.05) is 117 Å². The minimum Gasteiger partial charge on any atom is -0.358 e. The van der Waals surface area contributed by atoms with Crippen molar-refractivity contribution in [1.29, 1.82) is 0 Å². The van der Waals surface area contributed by atoms with Gasteiger partial charge in [-0.15, -0.1) is 0 Å². The lowest BCUT2D eigenvalue weighted by Gasteiger charge is -2.32. The second kappa shape index (κ2) is 15.1. The monoisotopic (exact) mass is 697 g/mol. The summed E-state index contributed by atoms with van der Waals surface area (Å²) in [6.07, 6.45) is 14.2. The predicted octanol–water partition coefficient (Wildman–Crippen LogP) is 13.7. The third-order valence-electron chi connectivity index (χ3n) is 13.9. The van der Waals surface area contributed by atoms with E-state index in [1.165, 1.54) is 74.8 Å². The summed E-state index contributed by atoms with van der Waals surface area (Å²) in [6.45, 7) is 18.1. The van der Waals surface area contributed by atoms with Crippen LogP contribution in [0.15, 0.2) is 52.3 Å². The summed E-state index contributed by atoms with van der Waals surface area (Å²) in [5.41, 5.74) is 8.31. The minimum absolute atomic E-state index is 0.201. The third-order valence-corrected chi connectivity index (χ3v) is 13.9. The molecule has 4 saturated carbocycles. The number of nitrogens with zero attached hydrogens (tertiary/aromatic N) is 2. The maximum absolute atomic E-state index is 14.0. The van der Waals surface area contributed by atoms with Crippen molar-refractivity contribution in [3.63, 3.8) is 0 Å². The Labute approximate surface area is 304 Å². The Morgan fingerprint density at radius 1 is 0.686 bits per heavy atom. The summed E-state index contributed by atoms with van der Waals surface area (Å²) in [6, 6.07) is 8.32. The number of hydrogen-bond acceptors (Lipinski definition) is 1. The summed E-state index contributed by atoms with van der Waals surface area (Å²) >= 11 is 0. The fourth-order valence-corrected chi connectivity index (χ4v) is 10.8. The van der Waals surface area contributed by atoms with E-state index in [0.717, 1.165) is 90.9 Å². The molecule has 8 atom stereocenters. The van der Waals surface area contributed by atoms with Gasteiger partial charge in [0.25, 0.3) is 0 Å². The van der Waals surface area contributed by atoms with Gasteiger partial charge in [-0.2, -0.15) is 13.2 Å². The normalized spacial score (nSPS) is 33.2. The smallest absolute Gasteiger partial charge is 0.358 e. The van der Waals surface area contributed by atoms with Crippen molar-refractivity contribution in [2.45, 2.75) is 148 Å². The molecule has 4 aliphatic carbocycles. The highest BCUT2D eigenvalue weighted by Gasteiger charge is 2.41. The van der Waals surface area contributed by atoms with E-state index in [1.807, 2.05) is 0 Å². The first-order chi connectivity index (χ1) is 24.6. The highest BCUT2D eigenvalue weighted by atomic mass is 19.4. The Morgan fingerprint density at radius 2 is 1.18 bits per heavy atom. The number of H-pyrrole nitrogens is 1. The van der Waals surface area contributed by atoms with Gasteiger partial charge in [-0.3, -0.25) is 4.99 Å². The van der Waals surface area contributed by atoms with Crippen LogP contribution >= 0.6 is 0 Å². The predicted molar refractivity (Wildman–Crippen MR) is 202 cm³/mol. The van der Waals surface area contributed by atoms with E-state index in [4.69, 9.17) is 11.6 Å². The Bertz CT molecular complexity index is 1700. The van der Waals surface area contributed by atoms with Crippen molar-refractivity contribution >= 4 is 11.3 Å². The van der Waals surface area contributed by atoms with E-state index < -0.39 is 11.7 Å². The number of rotatable bonds is 6. The molecular formula is C45H58F3N3. The van der Waals surface area contributed by atoms with Crippen LogP contribution in [0.5, 0.6) is 0 Å². The highest BCUT2D eigenvalue weighted by molar-refractivity contribution is 6.10. The molecule has 3 nitrogen and oxygen atoms in total. The van der Waals surface area contributed by atoms with Crippen LogP contribution in [0.3, 0.4) is 0 Å². The van der Waals surface area contributed by atoms with Gasteiger partial charge in [0, 0.05) is 17.2 Å². The number of hydrogen-bond donors (Lipinski definition) is 1. The van der Waals surface area contributed by atoms with Gasteiger partial charge in [-0.25, -0.2) is 4.85 Å². The molecule has 0 saturated heterocycles. The molecule has 7 rings (SSSR count). The molecule has 2 heterocycles. The van der Waals surface area contributed by atoms with Crippen LogP contribution in [0.1, 0.15) is 170 Å². The Kier molecular flexibility index (Phi) is 10.8. The zero-order valence-corrected chi connectivity index (χ0v) is 31.3. The van der Waals surface area contributed by atoms with Gasteiger partial charge in [0.15, 0.2) is 0 Å². The van der Waals surface area contributed by atoms with E-state index in [1.54, 1.807) is 12.1 Å². The van der Waals surface area contributed by atoms with Gasteiger partial charge < -0.3 is 4.98 Å². The van der Waals surface area contributed by atoms with Crippen molar-refractivity contribution in [3.8, 4) is 0 Å². The second-order valence-corrected chi connectivity index (χ2v) is 17.2. The van der Waals surface area contributed by atoms with Gasteiger partial charge in [0.1, 0.15) is 0 Å². The van der Waals surface area contributed by atoms with Crippen LogP contribution in [-0.2, 0) is 6.18 Å². The highest BCUT2D eigenvalue weighted by Crippen LogP contribution is 2.51. The minimum atomic E-state index is -4.42. The molecule has 0 radical (unpaired) electrons. The molecule has 51 heavy (non-hydrogen) atoms. The van der Waals surface area contributed by atoms with Crippen LogP contribution in [0.4, 0.5) is 13.2 Å². The van der Waals surface area contributed by atoms with Crippen molar-refractivity contribution < 1.29 is 13.2 Å². The van der Waals surface area contributed by atoms with Crippen molar-refractivity contribution in [2.24, 2.45) is 40.5 Å². The lowest BCUT2D eigenvalue weighted by Crippen LogP contribution is -2.26. The van der Waals surface area contributed by atoms with E-state index in [-0.39, 0.29) is 11.8 Å². The summed E-state index contributed by atoms with van der Waals surface area (Å²) in [4.78, 5) is 14.0.